The fraction of sp³-hybridized carbons (Fsp3) is 0.457. The van der Waals surface area contributed by atoms with Gasteiger partial charge in [-0.1, -0.05) is 12.1 Å². The molecule has 0 radical (unpaired) electrons. The molecule has 3 fully saturated rings. The van der Waals surface area contributed by atoms with Gasteiger partial charge in [0.25, 0.3) is 16.1 Å². The molecule has 2 aliphatic heterocycles. The molecule has 2 saturated heterocycles. The van der Waals surface area contributed by atoms with Gasteiger partial charge in [-0.3, -0.25) is 14.6 Å². The number of rotatable bonds is 12. The van der Waals surface area contributed by atoms with Crippen LogP contribution in [-0.4, -0.2) is 78.6 Å². The summed E-state index contributed by atoms with van der Waals surface area (Å²) >= 11 is 0. The molecular formula is C35H40F4N6O4S. The van der Waals surface area contributed by atoms with E-state index in [1.807, 2.05) is 0 Å². The molecular weight excluding hydrogens is 676 g/mol. The van der Waals surface area contributed by atoms with E-state index in [1.54, 1.807) is 0 Å². The molecule has 2 amide bonds. The monoisotopic (exact) mass is 716 g/mol. The van der Waals surface area contributed by atoms with Crippen molar-refractivity contribution in [3.8, 4) is 0 Å². The first kappa shape index (κ1) is 36.0. The van der Waals surface area contributed by atoms with E-state index in [1.165, 1.54) is 26.9 Å². The van der Waals surface area contributed by atoms with Crippen LogP contribution in [0.5, 0.6) is 0 Å². The van der Waals surface area contributed by atoms with E-state index < -0.39 is 63.3 Å². The van der Waals surface area contributed by atoms with Crippen molar-refractivity contribution in [3.05, 3.63) is 94.8 Å². The third-order valence-electron chi connectivity index (χ3n) is 9.68. The number of halogens is 4. The van der Waals surface area contributed by atoms with Crippen LogP contribution in [0.25, 0.3) is 0 Å². The predicted molar refractivity (Wildman–Crippen MR) is 178 cm³/mol. The van der Waals surface area contributed by atoms with E-state index in [9.17, 15) is 31.2 Å². The highest BCUT2D eigenvalue weighted by Gasteiger charge is 2.40. The Morgan fingerprint density at radius 2 is 1.62 bits per heavy atom. The van der Waals surface area contributed by atoms with Crippen molar-refractivity contribution in [2.24, 2.45) is 11.7 Å². The summed E-state index contributed by atoms with van der Waals surface area (Å²) in [7, 11) is -3.76. The predicted octanol–water partition coefficient (Wildman–Crippen LogP) is 4.00. The molecule has 10 nitrogen and oxygen atoms in total. The summed E-state index contributed by atoms with van der Waals surface area (Å²) in [6, 6.07) is 5.42. The van der Waals surface area contributed by atoms with Gasteiger partial charge in [0.05, 0.1) is 24.1 Å². The van der Waals surface area contributed by atoms with Crippen LogP contribution < -0.4 is 16.0 Å². The Morgan fingerprint density at radius 1 is 0.940 bits per heavy atom. The van der Waals surface area contributed by atoms with Gasteiger partial charge in [0.2, 0.25) is 5.91 Å². The standard InChI is InChI=1S/C35H40F4N6O4S/c36-25-7-5-23(6-8-25)33(24-16-26(37)18-27(38)17-24)34(40)35(47)45(32(46)15-22-3-4-22)31-21-42-20-30(39)29(31)10-9-28-19-41-11-14-44(28)50(48,49)43-12-1-2-13-43/h5-8,16-18,20-22,28,33-34,41H,1-4,9-15,19,40H2/t28-,33-,34-/m0/s1. The van der Waals surface area contributed by atoms with Crippen LogP contribution in [0.3, 0.4) is 0 Å². The molecule has 1 aliphatic carbocycles. The lowest BCUT2D eigenvalue weighted by molar-refractivity contribution is -0.127. The molecule has 3 aliphatic rings. The number of pyridine rings is 1. The number of carbonyl (C=O) groups is 2. The van der Waals surface area contributed by atoms with E-state index in [2.05, 4.69) is 10.3 Å². The minimum atomic E-state index is -3.76. The minimum Gasteiger partial charge on any atom is -0.319 e. The molecule has 0 unspecified atom stereocenters. The highest BCUT2D eigenvalue weighted by atomic mass is 32.2. The Labute approximate surface area is 288 Å². The van der Waals surface area contributed by atoms with Crippen LogP contribution in [0, 0.1) is 29.2 Å². The number of aromatic nitrogens is 1. The van der Waals surface area contributed by atoms with Crippen LogP contribution in [0.4, 0.5) is 23.2 Å². The molecule has 15 heteroatoms. The van der Waals surface area contributed by atoms with E-state index >= 15 is 4.39 Å². The fourth-order valence-corrected chi connectivity index (χ4v) is 8.82. The number of nitrogens with two attached hydrogens (primary N) is 1. The number of piperazine rings is 1. The maximum atomic E-state index is 15.7. The zero-order chi connectivity index (χ0) is 35.6. The van der Waals surface area contributed by atoms with Crippen molar-refractivity contribution in [2.75, 3.05) is 37.6 Å². The molecule has 1 saturated carbocycles. The molecule has 3 heterocycles. The van der Waals surface area contributed by atoms with Gasteiger partial charge in [-0.15, -0.1) is 0 Å². The SMILES string of the molecule is N[C@H](C(=O)N(C(=O)CC1CC1)c1cncc(F)c1CC[C@H]1CNCCN1S(=O)(=O)N1CCCC1)[C@@H](c1ccc(F)cc1)c1cc(F)cc(F)c1. The van der Waals surface area contributed by atoms with Crippen molar-refractivity contribution < 1.29 is 35.6 Å². The van der Waals surface area contributed by atoms with Crippen molar-refractivity contribution in [1.82, 2.24) is 18.9 Å². The Morgan fingerprint density at radius 3 is 2.28 bits per heavy atom. The largest absolute Gasteiger partial charge is 0.319 e. The molecule has 3 N–H and O–H groups in total. The van der Waals surface area contributed by atoms with Gasteiger partial charge < -0.3 is 11.1 Å². The van der Waals surface area contributed by atoms with Crippen molar-refractivity contribution in [2.45, 2.75) is 62.9 Å². The van der Waals surface area contributed by atoms with Crippen LogP contribution in [0.1, 0.15) is 61.1 Å². The van der Waals surface area contributed by atoms with E-state index in [0.717, 1.165) is 61.0 Å². The molecule has 50 heavy (non-hydrogen) atoms. The molecule has 0 bridgehead atoms. The molecule has 268 valence electrons. The smallest absolute Gasteiger partial charge is 0.282 e. The first-order chi connectivity index (χ1) is 23.9. The average Bonchev–Trinajstić information content (AvgIpc) is 3.70. The molecule has 3 aromatic rings. The lowest BCUT2D eigenvalue weighted by atomic mass is 9.84. The Bertz CT molecular complexity index is 1800. The number of hydrogen-bond donors (Lipinski definition) is 2. The number of anilines is 1. The molecule has 1 aromatic heterocycles. The van der Waals surface area contributed by atoms with Gasteiger partial charge in [0, 0.05) is 62.7 Å². The summed E-state index contributed by atoms with van der Waals surface area (Å²) in [5, 5.41) is 3.21. The number of nitrogens with one attached hydrogen (secondary N) is 1. The van der Waals surface area contributed by atoms with Gasteiger partial charge in [-0.25, -0.2) is 22.5 Å². The van der Waals surface area contributed by atoms with Crippen LogP contribution in [-0.2, 0) is 26.2 Å². The highest BCUT2D eigenvalue weighted by Crippen LogP contribution is 2.36. The molecule has 0 spiro atoms. The lowest BCUT2D eigenvalue weighted by Crippen LogP contribution is -2.57. The summed E-state index contributed by atoms with van der Waals surface area (Å²) in [6.45, 7) is 1.89. The van der Waals surface area contributed by atoms with Gasteiger partial charge in [0.1, 0.15) is 23.3 Å². The molecule has 6 rings (SSSR count). The number of imide groups is 1. The van der Waals surface area contributed by atoms with Gasteiger partial charge in [-0.2, -0.15) is 17.0 Å². The third-order valence-corrected chi connectivity index (χ3v) is 11.8. The maximum Gasteiger partial charge on any atom is 0.282 e. The summed E-state index contributed by atoms with van der Waals surface area (Å²) in [6.07, 6.45) is 5.33. The Kier molecular flexibility index (Phi) is 11.0. The second kappa shape index (κ2) is 15.2. The van der Waals surface area contributed by atoms with Crippen molar-refractivity contribution in [3.63, 3.8) is 0 Å². The highest BCUT2D eigenvalue weighted by molar-refractivity contribution is 7.86. The summed E-state index contributed by atoms with van der Waals surface area (Å²) in [5.41, 5.74) is 6.68. The quantitative estimate of drug-likeness (QED) is 0.271. The minimum absolute atomic E-state index is 0.0156. The van der Waals surface area contributed by atoms with Gasteiger partial charge in [-0.05, 0) is 79.8 Å². The summed E-state index contributed by atoms with van der Waals surface area (Å²) in [5.74, 6) is -6.08. The Balaban J connectivity index is 1.35. The number of carbonyl (C=O) groups excluding carboxylic acids is 2. The number of amides is 2. The summed E-state index contributed by atoms with van der Waals surface area (Å²) in [4.78, 5) is 33.1. The van der Waals surface area contributed by atoms with Crippen molar-refractivity contribution in [1.29, 1.82) is 0 Å². The first-order valence-electron chi connectivity index (χ1n) is 16.9. The van der Waals surface area contributed by atoms with E-state index in [4.69, 9.17) is 5.73 Å². The third kappa shape index (κ3) is 7.91. The molecule has 2 aromatic carbocycles. The topological polar surface area (TPSA) is 129 Å². The second-order valence-electron chi connectivity index (χ2n) is 13.2. The van der Waals surface area contributed by atoms with Gasteiger partial charge >= 0.3 is 0 Å². The maximum absolute atomic E-state index is 15.7. The zero-order valence-electron chi connectivity index (χ0n) is 27.4. The first-order valence-corrected chi connectivity index (χ1v) is 18.3. The van der Waals surface area contributed by atoms with E-state index in [0.29, 0.717) is 32.2 Å². The number of benzene rings is 2. The van der Waals surface area contributed by atoms with Crippen LogP contribution in [0.2, 0.25) is 0 Å². The van der Waals surface area contributed by atoms with Crippen molar-refractivity contribution >= 4 is 27.7 Å². The summed E-state index contributed by atoms with van der Waals surface area (Å²) < 4.78 is 88.6. The second-order valence-corrected chi connectivity index (χ2v) is 15.1. The van der Waals surface area contributed by atoms with Gasteiger partial charge in [0.15, 0.2) is 0 Å². The Hall–Kier alpha value is -3.76. The average molecular weight is 717 g/mol. The number of nitrogens with zero attached hydrogens (tertiary/aromatic N) is 4. The van der Waals surface area contributed by atoms with Crippen LogP contribution in [0.15, 0.2) is 54.9 Å². The lowest BCUT2D eigenvalue weighted by Gasteiger charge is -2.37. The zero-order valence-corrected chi connectivity index (χ0v) is 28.2. The normalized spacial score (nSPS) is 20.1. The van der Waals surface area contributed by atoms with E-state index in [-0.39, 0.29) is 54.1 Å². The number of hydrogen-bond acceptors (Lipinski definition) is 7. The fourth-order valence-electron chi connectivity index (χ4n) is 6.92. The molecule has 3 atom stereocenters. The van der Waals surface area contributed by atoms with Crippen LogP contribution >= 0.6 is 0 Å².